The van der Waals surface area contributed by atoms with E-state index in [1.165, 1.54) is 38.5 Å². The highest BCUT2D eigenvalue weighted by Gasteiger charge is 2.17. The number of rotatable bonds is 7. The Hall–Kier alpha value is -0.340. The van der Waals surface area contributed by atoms with Gasteiger partial charge in [-0.3, -0.25) is 0 Å². The Kier molecular flexibility index (Phi) is 6.69. The first kappa shape index (κ1) is 12.7. The van der Waals surface area contributed by atoms with Crippen molar-refractivity contribution in [3.8, 4) is 0 Å². The highest BCUT2D eigenvalue weighted by atomic mass is 16.7. The van der Waals surface area contributed by atoms with E-state index in [1.807, 2.05) is 0 Å². The van der Waals surface area contributed by atoms with Crippen LogP contribution in [0.25, 0.3) is 0 Å². The van der Waals surface area contributed by atoms with Crippen molar-refractivity contribution in [3.63, 3.8) is 0 Å². The third-order valence-electron chi connectivity index (χ3n) is 3.08. The summed E-state index contributed by atoms with van der Waals surface area (Å²) in [6.07, 6.45) is 13.7. The standard InChI is InChI=1S/C13H25NO/c1-3-4-5-6-7-10-13-11-8-9-12-14(13)15-2/h8,11,13H,3-7,9-10,12H2,1-2H3. The second kappa shape index (κ2) is 7.89. The molecule has 0 fully saturated rings. The van der Waals surface area contributed by atoms with E-state index in [9.17, 15) is 0 Å². The number of unbranched alkanes of at least 4 members (excludes halogenated alkanes) is 4. The van der Waals surface area contributed by atoms with Crippen LogP contribution < -0.4 is 0 Å². The van der Waals surface area contributed by atoms with Crippen molar-refractivity contribution in [2.24, 2.45) is 0 Å². The second-order valence-electron chi connectivity index (χ2n) is 4.31. The minimum Gasteiger partial charge on any atom is -0.302 e. The fraction of sp³-hybridized carbons (Fsp3) is 0.846. The van der Waals surface area contributed by atoms with Crippen molar-refractivity contribution in [2.75, 3.05) is 13.7 Å². The lowest BCUT2D eigenvalue weighted by atomic mass is 10.0. The third-order valence-corrected chi connectivity index (χ3v) is 3.08. The van der Waals surface area contributed by atoms with E-state index >= 15 is 0 Å². The van der Waals surface area contributed by atoms with Crippen LogP contribution in [0.3, 0.4) is 0 Å². The van der Waals surface area contributed by atoms with Gasteiger partial charge in [-0.1, -0.05) is 51.2 Å². The van der Waals surface area contributed by atoms with E-state index in [1.54, 1.807) is 7.11 Å². The molecule has 0 radical (unpaired) electrons. The van der Waals surface area contributed by atoms with E-state index in [-0.39, 0.29) is 0 Å². The molecule has 15 heavy (non-hydrogen) atoms. The molecule has 0 aromatic rings. The van der Waals surface area contributed by atoms with Crippen LogP contribution in [0.1, 0.15) is 51.9 Å². The zero-order chi connectivity index (χ0) is 10.9. The van der Waals surface area contributed by atoms with Crippen molar-refractivity contribution in [1.29, 1.82) is 0 Å². The Labute approximate surface area is 94.3 Å². The molecular weight excluding hydrogens is 186 g/mol. The average Bonchev–Trinajstić information content (AvgIpc) is 2.29. The molecule has 2 nitrogen and oxygen atoms in total. The monoisotopic (exact) mass is 211 g/mol. The minimum atomic E-state index is 0.519. The molecule has 0 amide bonds. The summed E-state index contributed by atoms with van der Waals surface area (Å²) in [5.41, 5.74) is 0. The lowest BCUT2D eigenvalue weighted by Gasteiger charge is -2.29. The van der Waals surface area contributed by atoms with Crippen LogP contribution in [0.5, 0.6) is 0 Å². The highest BCUT2D eigenvalue weighted by molar-refractivity contribution is 4.97. The van der Waals surface area contributed by atoms with E-state index < -0.39 is 0 Å². The van der Waals surface area contributed by atoms with Gasteiger partial charge < -0.3 is 4.84 Å². The molecule has 1 unspecified atom stereocenters. The van der Waals surface area contributed by atoms with Crippen LogP contribution in [-0.2, 0) is 4.84 Å². The van der Waals surface area contributed by atoms with Crippen molar-refractivity contribution in [3.05, 3.63) is 12.2 Å². The molecule has 88 valence electrons. The Morgan fingerprint density at radius 2 is 2.07 bits per heavy atom. The number of nitrogens with zero attached hydrogens (tertiary/aromatic N) is 1. The molecule has 0 aromatic carbocycles. The molecule has 1 aliphatic rings. The molecule has 2 heteroatoms. The first-order valence-electron chi connectivity index (χ1n) is 6.36. The predicted octanol–water partition coefficient (Wildman–Crippen LogP) is 3.54. The first-order valence-corrected chi connectivity index (χ1v) is 6.36. The quantitative estimate of drug-likeness (QED) is 0.472. The summed E-state index contributed by atoms with van der Waals surface area (Å²) >= 11 is 0. The summed E-state index contributed by atoms with van der Waals surface area (Å²) in [7, 11) is 1.78. The molecule has 0 saturated heterocycles. The van der Waals surface area contributed by atoms with Gasteiger partial charge in [-0.15, -0.1) is 0 Å². The van der Waals surface area contributed by atoms with Crippen molar-refractivity contribution in [2.45, 2.75) is 57.9 Å². The first-order chi connectivity index (χ1) is 7.38. The Bertz CT molecular complexity index is 179. The maximum absolute atomic E-state index is 5.36. The zero-order valence-electron chi connectivity index (χ0n) is 10.2. The van der Waals surface area contributed by atoms with E-state index in [4.69, 9.17) is 4.84 Å². The maximum Gasteiger partial charge on any atom is 0.0575 e. The van der Waals surface area contributed by atoms with Crippen LogP contribution in [-0.4, -0.2) is 24.8 Å². The summed E-state index contributed by atoms with van der Waals surface area (Å²) in [6, 6.07) is 0.519. The smallest absolute Gasteiger partial charge is 0.0575 e. The van der Waals surface area contributed by atoms with Crippen LogP contribution in [0.15, 0.2) is 12.2 Å². The van der Waals surface area contributed by atoms with Crippen molar-refractivity contribution < 1.29 is 4.84 Å². The van der Waals surface area contributed by atoms with Gasteiger partial charge >= 0.3 is 0 Å². The second-order valence-corrected chi connectivity index (χ2v) is 4.31. The fourth-order valence-electron chi connectivity index (χ4n) is 2.14. The fourth-order valence-corrected chi connectivity index (χ4v) is 2.14. The van der Waals surface area contributed by atoms with Gasteiger partial charge in [0.1, 0.15) is 0 Å². The van der Waals surface area contributed by atoms with Gasteiger partial charge in [0.2, 0.25) is 0 Å². The Morgan fingerprint density at radius 3 is 2.80 bits per heavy atom. The summed E-state index contributed by atoms with van der Waals surface area (Å²) in [4.78, 5) is 5.36. The van der Waals surface area contributed by atoms with Crippen LogP contribution in [0.2, 0.25) is 0 Å². The molecule has 0 saturated carbocycles. The summed E-state index contributed by atoms with van der Waals surface area (Å²) in [6.45, 7) is 3.31. The SMILES string of the molecule is CCCCCCCC1C=CCCN1OC. The molecule has 1 aliphatic heterocycles. The molecule has 0 N–H and O–H groups in total. The number of hydrogen-bond donors (Lipinski definition) is 0. The van der Waals surface area contributed by atoms with Crippen LogP contribution in [0, 0.1) is 0 Å². The molecule has 0 aromatic heterocycles. The number of hydrogen-bond acceptors (Lipinski definition) is 2. The van der Waals surface area contributed by atoms with E-state index in [0.29, 0.717) is 6.04 Å². The lowest BCUT2D eigenvalue weighted by Crippen LogP contribution is -2.35. The van der Waals surface area contributed by atoms with Gasteiger partial charge in [0.05, 0.1) is 13.2 Å². The molecule has 0 aliphatic carbocycles. The normalized spacial score (nSPS) is 22.1. The van der Waals surface area contributed by atoms with Gasteiger partial charge in [-0.25, -0.2) is 0 Å². The van der Waals surface area contributed by atoms with Gasteiger partial charge in [-0.05, 0) is 12.8 Å². The van der Waals surface area contributed by atoms with Crippen LogP contribution >= 0.6 is 0 Å². The summed E-state index contributed by atoms with van der Waals surface area (Å²) in [5, 5.41) is 2.11. The maximum atomic E-state index is 5.36. The van der Waals surface area contributed by atoms with Crippen molar-refractivity contribution >= 4 is 0 Å². The molecule has 0 bridgehead atoms. The molecule has 1 heterocycles. The predicted molar refractivity (Wildman–Crippen MR) is 64.6 cm³/mol. The largest absolute Gasteiger partial charge is 0.302 e. The van der Waals surface area contributed by atoms with Gasteiger partial charge in [0.15, 0.2) is 0 Å². The molecular formula is C13H25NO. The highest BCUT2D eigenvalue weighted by Crippen LogP contribution is 2.16. The van der Waals surface area contributed by atoms with E-state index in [0.717, 1.165) is 13.0 Å². The topological polar surface area (TPSA) is 12.5 Å². The Morgan fingerprint density at radius 1 is 1.27 bits per heavy atom. The summed E-state index contributed by atoms with van der Waals surface area (Å²) in [5.74, 6) is 0. The molecule has 0 spiro atoms. The third kappa shape index (κ3) is 4.80. The number of hydroxylamine groups is 2. The van der Waals surface area contributed by atoms with Gasteiger partial charge in [0.25, 0.3) is 0 Å². The summed E-state index contributed by atoms with van der Waals surface area (Å²) < 4.78 is 0. The van der Waals surface area contributed by atoms with Crippen LogP contribution in [0.4, 0.5) is 0 Å². The minimum absolute atomic E-state index is 0.519. The molecule has 1 rings (SSSR count). The molecule has 1 atom stereocenters. The van der Waals surface area contributed by atoms with E-state index in [2.05, 4.69) is 24.1 Å². The van der Waals surface area contributed by atoms with Crippen molar-refractivity contribution in [1.82, 2.24) is 5.06 Å². The van der Waals surface area contributed by atoms with Gasteiger partial charge in [0, 0.05) is 6.54 Å². The average molecular weight is 211 g/mol. The Balaban J connectivity index is 2.12. The lowest BCUT2D eigenvalue weighted by molar-refractivity contribution is -0.154. The van der Waals surface area contributed by atoms with Gasteiger partial charge in [-0.2, -0.15) is 5.06 Å². The zero-order valence-corrected chi connectivity index (χ0v) is 10.2.